The Kier molecular flexibility index (Phi) is 6.65. The molecule has 0 bridgehead atoms. The number of carboxylic acids is 1. The average molecular weight is 469 g/mol. The van der Waals surface area contributed by atoms with Crippen LogP contribution in [0.25, 0.3) is 0 Å². The molecule has 1 unspecified atom stereocenters. The zero-order chi connectivity index (χ0) is 23.4. The van der Waals surface area contributed by atoms with E-state index in [2.05, 4.69) is 10.3 Å². The van der Waals surface area contributed by atoms with Crippen molar-refractivity contribution in [1.29, 1.82) is 0 Å². The van der Waals surface area contributed by atoms with Crippen LogP contribution in [-0.2, 0) is 4.79 Å². The van der Waals surface area contributed by atoms with Gasteiger partial charge in [0.25, 0.3) is 5.91 Å². The van der Waals surface area contributed by atoms with Crippen molar-refractivity contribution in [2.75, 3.05) is 18.5 Å². The summed E-state index contributed by atoms with van der Waals surface area (Å²) in [5.41, 5.74) is 0.940. The van der Waals surface area contributed by atoms with Crippen molar-refractivity contribution in [3.8, 4) is 23.1 Å². The molecular formula is C24H21ClN2O6. The summed E-state index contributed by atoms with van der Waals surface area (Å²) in [4.78, 5) is 28.2. The van der Waals surface area contributed by atoms with Crippen LogP contribution in [0.4, 0.5) is 5.82 Å². The van der Waals surface area contributed by atoms with E-state index in [0.717, 1.165) is 0 Å². The molecule has 2 heterocycles. The topological polar surface area (TPSA) is 107 Å². The smallest absolute Gasteiger partial charge is 0.311 e. The van der Waals surface area contributed by atoms with Crippen molar-refractivity contribution in [3.63, 3.8) is 0 Å². The number of nitrogens with one attached hydrogen (secondary N) is 1. The minimum Gasteiger partial charge on any atom is -0.493 e. The number of benzene rings is 2. The number of carbonyl (C=O) groups is 2. The highest BCUT2D eigenvalue weighted by Gasteiger charge is 2.29. The van der Waals surface area contributed by atoms with Gasteiger partial charge in [0, 0.05) is 23.3 Å². The van der Waals surface area contributed by atoms with Gasteiger partial charge in [-0.25, -0.2) is 0 Å². The van der Waals surface area contributed by atoms with Crippen molar-refractivity contribution in [2.45, 2.75) is 19.3 Å². The van der Waals surface area contributed by atoms with Gasteiger partial charge < -0.3 is 24.6 Å². The van der Waals surface area contributed by atoms with Crippen molar-refractivity contribution < 1.29 is 28.9 Å². The predicted molar refractivity (Wildman–Crippen MR) is 122 cm³/mol. The van der Waals surface area contributed by atoms with E-state index in [1.165, 1.54) is 0 Å². The highest BCUT2D eigenvalue weighted by molar-refractivity contribution is 6.32. The number of pyridine rings is 1. The average Bonchev–Trinajstić information content (AvgIpc) is 2.80. The minimum absolute atomic E-state index is 0.271. The maximum atomic E-state index is 12.5. The lowest BCUT2D eigenvalue weighted by Gasteiger charge is -2.24. The summed E-state index contributed by atoms with van der Waals surface area (Å²) in [6.07, 6.45) is 0.383. The Morgan fingerprint density at radius 1 is 1.21 bits per heavy atom. The molecule has 33 heavy (non-hydrogen) atoms. The normalized spacial score (nSPS) is 14.5. The number of nitrogens with zero attached hydrogens (tertiary/aromatic N) is 1. The lowest BCUT2D eigenvalue weighted by atomic mass is 9.93. The molecule has 1 atom stereocenters. The van der Waals surface area contributed by atoms with Crippen LogP contribution in [-0.4, -0.2) is 35.2 Å². The Morgan fingerprint density at radius 2 is 2.00 bits per heavy atom. The maximum absolute atomic E-state index is 12.5. The molecule has 2 aromatic carbocycles. The van der Waals surface area contributed by atoms with Gasteiger partial charge in [-0.2, -0.15) is 4.98 Å². The molecule has 2 N–H and O–H groups in total. The maximum Gasteiger partial charge on any atom is 0.311 e. The first-order valence-corrected chi connectivity index (χ1v) is 10.7. The minimum atomic E-state index is -0.919. The second-order valence-corrected chi connectivity index (χ2v) is 7.63. The van der Waals surface area contributed by atoms with E-state index in [4.69, 9.17) is 25.8 Å². The number of rotatable bonds is 7. The van der Waals surface area contributed by atoms with E-state index in [0.29, 0.717) is 59.7 Å². The van der Waals surface area contributed by atoms with Crippen LogP contribution in [0.15, 0.2) is 54.6 Å². The van der Waals surface area contributed by atoms with Gasteiger partial charge in [0.15, 0.2) is 0 Å². The molecule has 1 aliphatic heterocycles. The SMILES string of the molecule is CCOc1cccc(NC(=O)c2ccc(Oc3cc4c(cc3Cl)C(C(=O)O)CCO4)cc2)n1. The van der Waals surface area contributed by atoms with Gasteiger partial charge >= 0.3 is 5.97 Å². The molecule has 0 fully saturated rings. The van der Waals surface area contributed by atoms with Gasteiger partial charge in [0.1, 0.15) is 23.1 Å². The fourth-order valence-electron chi connectivity index (χ4n) is 3.43. The number of hydrogen-bond acceptors (Lipinski definition) is 6. The van der Waals surface area contributed by atoms with E-state index in [9.17, 15) is 14.7 Å². The van der Waals surface area contributed by atoms with Gasteiger partial charge in [-0.3, -0.25) is 9.59 Å². The molecule has 0 aliphatic carbocycles. The number of aromatic nitrogens is 1. The number of anilines is 1. The molecular weight excluding hydrogens is 448 g/mol. The molecule has 0 saturated carbocycles. The molecule has 1 aliphatic rings. The lowest BCUT2D eigenvalue weighted by Crippen LogP contribution is -2.20. The zero-order valence-electron chi connectivity index (χ0n) is 17.7. The van der Waals surface area contributed by atoms with Crippen LogP contribution in [0.3, 0.4) is 0 Å². The number of carboxylic acid groups (broad SMARTS) is 1. The van der Waals surface area contributed by atoms with Crippen LogP contribution >= 0.6 is 11.6 Å². The Morgan fingerprint density at radius 3 is 2.73 bits per heavy atom. The van der Waals surface area contributed by atoms with Crippen LogP contribution in [0.2, 0.25) is 5.02 Å². The Labute approximate surface area is 195 Å². The van der Waals surface area contributed by atoms with E-state index < -0.39 is 11.9 Å². The van der Waals surface area contributed by atoms with Crippen molar-refractivity contribution in [2.24, 2.45) is 0 Å². The number of ether oxygens (including phenoxy) is 3. The van der Waals surface area contributed by atoms with Gasteiger partial charge in [0.05, 0.1) is 24.2 Å². The molecule has 0 spiro atoms. The molecule has 8 nitrogen and oxygen atoms in total. The molecule has 9 heteroatoms. The Bertz CT molecular complexity index is 1180. The van der Waals surface area contributed by atoms with E-state index in [1.807, 2.05) is 6.92 Å². The van der Waals surface area contributed by atoms with Crippen LogP contribution in [0.1, 0.15) is 35.2 Å². The summed E-state index contributed by atoms with van der Waals surface area (Å²) < 4.78 is 16.8. The highest BCUT2D eigenvalue weighted by atomic mass is 35.5. The van der Waals surface area contributed by atoms with Gasteiger partial charge in [0.2, 0.25) is 5.88 Å². The predicted octanol–water partition coefficient (Wildman–Crippen LogP) is 5.13. The standard InChI is InChI=1S/C24H21ClN2O6/c1-2-31-22-5-3-4-21(26-22)27-23(28)14-6-8-15(9-7-14)33-20-13-19-17(12-18(20)25)16(24(29)30)10-11-32-19/h3-9,12-13,16H,2,10-11H2,1H3,(H,29,30)(H,26,27,28). The summed E-state index contributed by atoms with van der Waals surface area (Å²) in [5.74, 6) is 0.116. The summed E-state index contributed by atoms with van der Waals surface area (Å²) in [6, 6.07) is 14.8. The van der Waals surface area contributed by atoms with E-state index in [-0.39, 0.29) is 10.9 Å². The van der Waals surface area contributed by atoms with Crippen molar-refractivity contribution >= 4 is 29.3 Å². The molecule has 0 radical (unpaired) electrons. The largest absolute Gasteiger partial charge is 0.493 e. The Hall–Kier alpha value is -3.78. The highest BCUT2D eigenvalue weighted by Crippen LogP contribution is 2.41. The third-order valence-electron chi connectivity index (χ3n) is 5.00. The first-order chi connectivity index (χ1) is 15.9. The summed E-state index contributed by atoms with van der Waals surface area (Å²) in [5, 5.41) is 12.4. The number of hydrogen-bond donors (Lipinski definition) is 2. The molecule has 1 amide bonds. The van der Waals surface area contributed by atoms with Crippen molar-refractivity contribution in [1.82, 2.24) is 4.98 Å². The quantitative estimate of drug-likeness (QED) is 0.495. The first kappa shape index (κ1) is 22.4. The Balaban J connectivity index is 1.46. The number of amides is 1. The van der Waals surface area contributed by atoms with Crippen LogP contribution in [0.5, 0.6) is 23.1 Å². The third-order valence-corrected chi connectivity index (χ3v) is 5.30. The van der Waals surface area contributed by atoms with Gasteiger partial charge in [-0.15, -0.1) is 0 Å². The zero-order valence-corrected chi connectivity index (χ0v) is 18.5. The van der Waals surface area contributed by atoms with Crippen LogP contribution < -0.4 is 19.5 Å². The molecule has 3 aromatic rings. The molecule has 170 valence electrons. The molecule has 1 aromatic heterocycles. The van der Waals surface area contributed by atoms with Crippen molar-refractivity contribution in [3.05, 3.63) is 70.7 Å². The van der Waals surface area contributed by atoms with Gasteiger partial charge in [-0.1, -0.05) is 17.7 Å². The fourth-order valence-corrected chi connectivity index (χ4v) is 3.64. The van der Waals surface area contributed by atoms with Crippen LogP contribution in [0, 0.1) is 0 Å². The summed E-state index contributed by atoms with van der Waals surface area (Å²) in [7, 11) is 0. The number of carbonyl (C=O) groups excluding carboxylic acids is 1. The van der Waals surface area contributed by atoms with E-state index >= 15 is 0 Å². The number of fused-ring (bicyclic) bond motifs is 1. The number of aliphatic carboxylic acids is 1. The second-order valence-electron chi connectivity index (χ2n) is 7.22. The summed E-state index contributed by atoms with van der Waals surface area (Å²) in [6.45, 7) is 2.64. The van der Waals surface area contributed by atoms with Gasteiger partial charge in [-0.05, 0) is 49.7 Å². The monoisotopic (exact) mass is 468 g/mol. The third kappa shape index (κ3) is 5.18. The molecule has 0 saturated heterocycles. The molecule has 4 rings (SSSR count). The number of halogens is 1. The van der Waals surface area contributed by atoms with E-state index in [1.54, 1.807) is 54.6 Å². The summed E-state index contributed by atoms with van der Waals surface area (Å²) >= 11 is 6.33. The first-order valence-electron chi connectivity index (χ1n) is 10.3. The lowest BCUT2D eigenvalue weighted by molar-refractivity contribution is -0.139. The fraction of sp³-hybridized carbons (Fsp3) is 0.208. The second kappa shape index (κ2) is 9.79.